The summed E-state index contributed by atoms with van der Waals surface area (Å²) in [5.41, 5.74) is 1.14. The summed E-state index contributed by atoms with van der Waals surface area (Å²) >= 11 is 2.54. The second-order valence-electron chi connectivity index (χ2n) is 11.5. The van der Waals surface area contributed by atoms with Crippen molar-refractivity contribution in [1.29, 1.82) is 0 Å². The lowest BCUT2D eigenvalue weighted by atomic mass is 10.0. The smallest absolute Gasteiger partial charge is 0.245 e. The number of rotatable bonds is 6. The van der Waals surface area contributed by atoms with E-state index in [1.54, 1.807) is 24.3 Å². The maximum atomic E-state index is 13.7. The molecule has 0 spiro atoms. The third-order valence-corrected chi connectivity index (χ3v) is 10.1. The minimum Gasteiger partial charge on any atom is -0.245 e. The second kappa shape index (κ2) is 13.0. The summed E-state index contributed by atoms with van der Waals surface area (Å²) in [4.78, 5) is 8.99. The molecule has 52 heavy (non-hydrogen) atoms. The fourth-order valence-corrected chi connectivity index (χ4v) is 7.33. The largest absolute Gasteiger partial charge is 0.417 e. The molecular formula is C38H20F6N6S2. The minimum atomic E-state index is -4.53. The van der Waals surface area contributed by atoms with Gasteiger partial charge in [-0.1, -0.05) is 95.5 Å². The van der Waals surface area contributed by atoms with Crippen molar-refractivity contribution in [3.8, 4) is 65.1 Å². The maximum absolute atomic E-state index is 13.7. The van der Waals surface area contributed by atoms with E-state index in [0.29, 0.717) is 31.4 Å². The van der Waals surface area contributed by atoms with Crippen LogP contribution in [-0.4, -0.2) is 30.4 Å². The van der Waals surface area contributed by atoms with Crippen LogP contribution in [0.1, 0.15) is 11.1 Å². The number of nitrogens with zero attached hydrogens (tertiary/aromatic N) is 6. The van der Waals surface area contributed by atoms with Gasteiger partial charge in [0.2, 0.25) is 0 Å². The second-order valence-corrected chi connectivity index (χ2v) is 13.5. The zero-order valence-corrected chi connectivity index (χ0v) is 27.9. The zero-order valence-electron chi connectivity index (χ0n) is 26.3. The lowest BCUT2D eigenvalue weighted by molar-refractivity contribution is -0.137. The van der Waals surface area contributed by atoms with E-state index in [9.17, 15) is 26.3 Å². The van der Waals surface area contributed by atoms with Crippen LogP contribution in [0.3, 0.4) is 0 Å². The normalized spacial score (nSPS) is 12.0. The first-order valence-electron chi connectivity index (χ1n) is 15.5. The summed E-state index contributed by atoms with van der Waals surface area (Å²) < 4.78 is 82.1. The minimum absolute atomic E-state index is 0.0223. The van der Waals surface area contributed by atoms with Gasteiger partial charge in [0.25, 0.3) is 0 Å². The molecule has 0 unspecified atom stereocenters. The summed E-state index contributed by atoms with van der Waals surface area (Å²) in [6.45, 7) is 0. The SMILES string of the molecule is FC(F)(F)c1ccccc1-c1cccc(-c2nnc(-c3ccc4ccc(-c5nnc(-c6cccc(-c7ccccc7C(F)(F)F)n6)s5)cc4c3)s2)n1. The average Bonchev–Trinajstić information content (AvgIpc) is 3.86. The Morgan fingerprint density at radius 3 is 1.23 bits per heavy atom. The molecule has 6 nitrogen and oxygen atoms in total. The molecule has 0 bridgehead atoms. The molecule has 8 rings (SSSR count). The third-order valence-electron chi connectivity index (χ3n) is 8.14. The molecule has 4 aromatic heterocycles. The fraction of sp³-hybridized carbons (Fsp3) is 0.0526. The van der Waals surface area contributed by atoms with Crippen LogP contribution in [0.5, 0.6) is 0 Å². The van der Waals surface area contributed by atoms with Crippen LogP contribution < -0.4 is 0 Å². The highest BCUT2D eigenvalue weighted by atomic mass is 32.1. The lowest BCUT2D eigenvalue weighted by Gasteiger charge is -2.12. The van der Waals surface area contributed by atoms with Crippen LogP contribution in [0.15, 0.2) is 121 Å². The number of hydrogen-bond donors (Lipinski definition) is 0. The van der Waals surface area contributed by atoms with Crippen LogP contribution in [0.2, 0.25) is 0 Å². The van der Waals surface area contributed by atoms with Gasteiger partial charge >= 0.3 is 12.4 Å². The van der Waals surface area contributed by atoms with Crippen molar-refractivity contribution in [2.75, 3.05) is 0 Å². The molecule has 256 valence electrons. The lowest BCUT2D eigenvalue weighted by Crippen LogP contribution is -2.07. The number of hydrogen-bond acceptors (Lipinski definition) is 8. The molecule has 0 N–H and O–H groups in total. The predicted molar refractivity (Wildman–Crippen MR) is 189 cm³/mol. The van der Waals surface area contributed by atoms with Gasteiger partial charge in [0.1, 0.15) is 21.4 Å². The summed E-state index contributed by atoms with van der Waals surface area (Å²) in [6.07, 6.45) is -9.06. The molecule has 14 heteroatoms. The van der Waals surface area contributed by atoms with E-state index in [2.05, 4.69) is 30.4 Å². The van der Waals surface area contributed by atoms with E-state index < -0.39 is 23.5 Å². The van der Waals surface area contributed by atoms with E-state index >= 15 is 0 Å². The Labute approximate surface area is 299 Å². The molecule has 0 saturated heterocycles. The Bertz CT molecular complexity index is 2420. The van der Waals surface area contributed by atoms with Crippen LogP contribution >= 0.6 is 22.7 Å². The van der Waals surface area contributed by atoms with Crippen molar-refractivity contribution in [3.05, 3.63) is 132 Å². The molecule has 0 fully saturated rings. The van der Waals surface area contributed by atoms with Crippen LogP contribution in [-0.2, 0) is 12.4 Å². The molecule has 0 atom stereocenters. The first-order chi connectivity index (χ1) is 25.0. The molecule has 0 amide bonds. The van der Waals surface area contributed by atoms with Gasteiger partial charge in [-0.2, -0.15) is 26.3 Å². The van der Waals surface area contributed by atoms with Gasteiger partial charge in [-0.05, 0) is 59.3 Å². The standard InChI is InChI=1S/C38H20F6N6S2/c39-37(40,41)27-9-3-1-7-25(27)29-11-5-13-31(45-29)35-49-47-33(51-35)22-17-15-21-16-18-23(20-24(21)19-22)34-48-50-36(52-34)32-14-6-12-30(46-32)26-8-2-4-10-28(26)38(42,43)44/h1-20H. The monoisotopic (exact) mass is 738 g/mol. The third kappa shape index (κ3) is 6.53. The quantitative estimate of drug-likeness (QED) is 0.158. The van der Waals surface area contributed by atoms with E-state index in [1.165, 1.54) is 71.2 Å². The Balaban J connectivity index is 1.07. The first kappa shape index (κ1) is 33.3. The van der Waals surface area contributed by atoms with Gasteiger partial charge < -0.3 is 0 Å². The summed E-state index contributed by atoms with van der Waals surface area (Å²) in [7, 11) is 0. The van der Waals surface area contributed by atoms with Gasteiger partial charge in [-0.25, -0.2) is 9.97 Å². The van der Waals surface area contributed by atoms with Crippen LogP contribution in [0, 0.1) is 0 Å². The molecular weight excluding hydrogens is 719 g/mol. The number of fused-ring (bicyclic) bond motifs is 1. The number of benzene rings is 4. The van der Waals surface area contributed by atoms with Crippen molar-refractivity contribution in [2.24, 2.45) is 0 Å². The van der Waals surface area contributed by atoms with Crippen LogP contribution in [0.25, 0.3) is 75.8 Å². The molecule has 0 radical (unpaired) electrons. The molecule has 0 aliphatic carbocycles. The summed E-state index contributed by atoms with van der Waals surface area (Å²) in [5.74, 6) is 0. The highest BCUT2D eigenvalue weighted by molar-refractivity contribution is 7.18. The molecule has 0 saturated carbocycles. The van der Waals surface area contributed by atoms with Crippen molar-refractivity contribution in [1.82, 2.24) is 30.4 Å². The number of halogens is 6. The maximum Gasteiger partial charge on any atom is 0.417 e. The number of alkyl halides is 6. The zero-order chi connectivity index (χ0) is 36.0. The van der Waals surface area contributed by atoms with Crippen molar-refractivity contribution in [3.63, 3.8) is 0 Å². The number of aromatic nitrogens is 6. The van der Waals surface area contributed by atoms with Gasteiger partial charge in [0.05, 0.1) is 22.5 Å². The Hall–Kier alpha value is -5.86. The van der Waals surface area contributed by atoms with Crippen LogP contribution in [0.4, 0.5) is 26.3 Å². The molecule has 8 aromatic rings. The Kier molecular flexibility index (Phi) is 8.35. The topological polar surface area (TPSA) is 77.3 Å². The Morgan fingerprint density at radius 2 is 0.788 bits per heavy atom. The van der Waals surface area contributed by atoms with Crippen molar-refractivity contribution in [2.45, 2.75) is 12.4 Å². The van der Waals surface area contributed by atoms with E-state index in [-0.39, 0.29) is 22.5 Å². The first-order valence-corrected chi connectivity index (χ1v) is 17.1. The predicted octanol–water partition coefficient (Wildman–Crippen LogP) is 11.4. The number of pyridine rings is 2. The average molecular weight is 739 g/mol. The highest BCUT2D eigenvalue weighted by Crippen LogP contribution is 2.40. The Morgan fingerprint density at radius 1 is 0.385 bits per heavy atom. The van der Waals surface area contributed by atoms with Gasteiger partial charge in [0, 0.05) is 22.3 Å². The van der Waals surface area contributed by atoms with Crippen molar-refractivity contribution >= 4 is 33.4 Å². The molecule has 0 aliphatic rings. The van der Waals surface area contributed by atoms with E-state index in [0.717, 1.165) is 34.0 Å². The molecule has 0 aliphatic heterocycles. The summed E-state index contributed by atoms with van der Waals surface area (Å²) in [5, 5.41) is 21.2. The van der Waals surface area contributed by atoms with E-state index in [4.69, 9.17) is 0 Å². The fourth-order valence-electron chi connectivity index (χ4n) is 5.71. The van der Waals surface area contributed by atoms with Gasteiger partial charge in [0.15, 0.2) is 10.0 Å². The highest BCUT2D eigenvalue weighted by Gasteiger charge is 2.34. The molecule has 4 heterocycles. The van der Waals surface area contributed by atoms with Crippen molar-refractivity contribution < 1.29 is 26.3 Å². The van der Waals surface area contributed by atoms with Gasteiger partial charge in [-0.15, -0.1) is 20.4 Å². The molecule has 4 aromatic carbocycles. The summed E-state index contributed by atoms with van der Waals surface area (Å²) in [6, 6.07) is 31.9. The van der Waals surface area contributed by atoms with Gasteiger partial charge in [-0.3, -0.25) is 0 Å². The van der Waals surface area contributed by atoms with E-state index in [1.807, 2.05) is 36.4 Å².